The molecule has 6 heteroatoms. The average Bonchev–Trinajstić information content (AvgIpc) is 2.91. The molecule has 1 aromatic carbocycles. The third-order valence-electron chi connectivity index (χ3n) is 4.65. The van der Waals surface area contributed by atoms with Gasteiger partial charge in [-0.1, -0.05) is 12.1 Å². The molecule has 0 radical (unpaired) electrons. The van der Waals surface area contributed by atoms with E-state index in [1.165, 1.54) is 0 Å². The number of esters is 1. The first kappa shape index (κ1) is 15.8. The Balaban J connectivity index is 1.87. The Morgan fingerprint density at radius 1 is 1.26 bits per heavy atom. The number of rotatable bonds is 3. The molecule has 0 spiro atoms. The number of hydrogen-bond acceptors (Lipinski definition) is 5. The number of amides is 1. The largest absolute Gasteiger partial charge is 0.497 e. The molecule has 0 saturated carbocycles. The molecule has 0 bridgehead atoms. The second kappa shape index (κ2) is 6.20. The Bertz CT molecular complexity index is 594. The van der Waals surface area contributed by atoms with Crippen LogP contribution >= 0.6 is 0 Å². The third kappa shape index (κ3) is 2.91. The van der Waals surface area contributed by atoms with Crippen LogP contribution < -0.4 is 4.74 Å². The summed E-state index contributed by atoms with van der Waals surface area (Å²) in [7, 11) is 1.59. The van der Waals surface area contributed by atoms with E-state index in [1.54, 1.807) is 12.0 Å². The number of methoxy groups -OCH3 is 1. The molecule has 2 aliphatic heterocycles. The molecule has 1 amide bonds. The highest BCUT2D eigenvalue weighted by Crippen LogP contribution is 2.43. The number of ether oxygens (including phenoxy) is 3. The van der Waals surface area contributed by atoms with Crippen LogP contribution in [0.3, 0.4) is 0 Å². The fourth-order valence-electron chi connectivity index (χ4n) is 3.22. The minimum absolute atomic E-state index is 0.0440. The van der Waals surface area contributed by atoms with Gasteiger partial charge in [-0.05, 0) is 24.6 Å². The van der Waals surface area contributed by atoms with Gasteiger partial charge in [0.2, 0.25) is 5.91 Å². The standard InChI is InChI=1S/C17H21NO5/c1-17(12-3-5-13(21-2)6-4-12)14(11-15(19)23-17)16(20)18-7-9-22-10-8-18/h3-6,14H,7-11H2,1-2H3/t14-,17-/m0/s1. The summed E-state index contributed by atoms with van der Waals surface area (Å²) in [6.45, 7) is 3.99. The molecule has 2 heterocycles. The highest BCUT2D eigenvalue weighted by atomic mass is 16.6. The summed E-state index contributed by atoms with van der Waals surface area (Å²) >= 11 is 0. The van der Waals surface area contributed by atoms with Crippen molar-refractivity contribution in [1.82, 2.24) is 4.90 Å². The average molecular weight is 319 g/mol. The molecule has 0 N–H and O–H groups in total. The van der Waals surface area contributed by atoms with Crippen molar-refractivity contribution in [2.24, 2.45) is 5.92 Å². The zero-order valence-electron chi connectivity index (χ0n) is 13.4. The van der Waals surface area contributed by atoms with E-state index in [0.29, 0.717) is 26.3 Å². The van der Waals surface area contributed by atoms with Gasteiger partial charge in [0.1, 0.15) is 11.4 Å². The van der Waals surface area contributed by atoms with Crippen molar-refractivity contribution >= 4 is 11.9 Å². The smallest absolute Gasteiger partial charge is 0.307 e. The summed E-state index contributed by atoms with van der Waals surface area (Å²) in [5, 5.41) is 0. The maximum Gasteiger partial charge on any atom is 0.307 e. The van der Waals surface area contributed by atoms with E-state index in [2.05, 4.69) is 0 Å². The predicted octanol–water partition coefficient (Wildman–Crippen LogP) is 1.33. The van der Waals surface area contributed by atoms with Crippen molar-refractivity contribution in [2.75, 3.05) is 33.4 Å². The quantitative estimate of drug-likeness (QED) is 0.787. The van der Waals surface area contributed by atoms with Gasteiger partial charge in [0.25, 0.3) is 0 Å². The summed E-state index contributed by atoms with van der Waals surface area (Å²) in [6, 6.07) is 7.31. The van der Waals surface area contributed by atoms with Gasteiger partial charge < -0.3 is 19.1 Å². The van der Waals surface area contributed by atoms with E-state index in [4.69, 9.17) is 14.2 Å². The SMILES string of the molecule is COc1ccc([C@]2(C)OC(=O)C[C@H]2C(=O)N2CCOCC2)cc1. The number of morpholine rings is 1. The van der Waals surface area contributed by atoms with E-state index in [1.807, 2.05) is 31.2 Å². The van der Waals surface area contributed by atoms with Gasteiger partial charge in [0, 0.05) is 13.1 Å². The van der Waals surface area contributed by atoms with Gasteiger partial charge in [-0.2, -0.15) is 0 Å². The van der Waals surface area contributed by atoms with Crippen LogP contribution in [0.2, 0.25) is 0 Å². The second-order valence-electron chi connectivity index (χ2n) is 6.00. The van der Waals surface area contributed by atoms with Crippen LogP contribution in [-0.2, 0) is 24.7 Å². The normalized spacial score (nSPS) is 27.7. The third-order valence-corrected chi connectivity index (χ3v) is 4.65. The first-order valence-electron chi connectivity index (χ1n) is 7.77. The van der Waals surface area contributed by atoms with E-state index < -0.39 is 11.5 Å². The summed E-state index contributed by atoms with van der Waals surface area (Å²) in [4.78, 5) is 26.5. The summed E-state index contributed by atoms with van der Waals surface area (Å²) < 4.78 is 16.0. The van der Waals surface area contributed by atoms with Crippen molar-refractivity contribution in [3.8, 4) is 5.75 Å². The lowest BCUT2D eigenvalue weighted by atomic mass is 9.82. The van der Waals surface area contributed by atoms with Crippen molar-refractivity contribution in [3.63, 3.8) is 0 Å². The van der Waals surface area contributed by atoms with Gasteiger partial charge in [0.05, 0.1) is 32.7 Å². The zero-order chi connectivity index (χ0) is 16.4. The van der Waals surface area contributed by atoms with Crippen LogP contribution in [0.5, 0.6) is 5.75 Å². The lowest BCUT2D eigenvalue weighted by Gasteiger charge is -2.34. The van der Waals surface area contributed by atoms with Crippen molar-refractivity contribution < 1.29 is 23.8 Å². The highest BCUT2D eigenvalue weighted by Gasteiger charge is 2.51. The molecule has 0 aliphatic carbocycles. The molecule has 2 fully saturated rings. The Hall–Kier alpha value is -2.08. The number of benzene rings is 1. The number of cyclic esters (lactones) is 1. The lowest BCUT2D eigenvalue weighted by Crippen LogP contribution is -2.47. The molecule has 2 saturated heterocycles. The number of nitrogens with zero attached hydrogens (tertiary/aromatic N) is 1. The van der Waals surface area contributed by atoms with Crippen LogP contribution in [0.1, 0.15) is 18.9 Å². The van der Waals surface area contributed by atoms with Crippen molar-refractivity contribution in [1.29, 1.82) is 0 Å². The number of carbonyl (C=O) groups is 2. The van der Waals surface area contributed by atoms with Crippen LogP contribution in [0.15, 0.2) is 24.3 Å². The van der Waals surface area contributed by atoms with Crippen LogP contribution in [0, 0.1) is 5.92 Å². The molecule has 1 aromatic rings. The van der Waals surface area contributed by atoms with Gasteiger partial charge in [0.15, 0.2) is 0 Å². The molecule has 0 unspecified atom stereocenters. The fourth-order valence-corrected chi connectivity index (χ4v) is 3.22. The van der Waals surface area contributed by atoms with E-state index in [-0.39, 0.29) is 18.3 Å². The van der Waals surface area contributed by atoms with Gasteiger partial charge in [-0.3, -0.25) is 9.59 Å². The Morgan fingerprint density at radius 2 is 1.91 bits per heavy atom. The molecule has 2 aliphatic rings. The molecule has 124 valence electrons. The van der Waals surface area contributed by atoms with Gasteiger partial charge in [-0.25, -0.2) is 0 Å². The predicted molar refractivity (Wildman–Crippen MR) is 81.9 cm³/mol. The summed E-state index contributed by atoms with van der Waals surface area (Å²) in [5.74, 6) is -0.174. The number of hydrogen-bond donors (Lipinski definition) is 0. The van der Waals surface area contributed by atoms with Gasteiger partial charge in [-0.15, -0.1) is 0 Å². The van der Waals surface area contributed by atoms with E-state index in [9.17, 15) is 9.59 Å². The van der Waals surface area contributed by atoms with Crippen LogP contribution in [0.4, 0.5) is 0 Å². The summed E-state index contributed by atoms with van der Waals surface area (Å²) in [6.07, 6.45) is 0.110. The first-order chi connectivity index (χ1) is 11.0. The minimum atomic E-state index is -0.946. The summed E-state index contributed by atoms with van der Waals surface area (Å²) in [5.41, 5.74) is -0.144. The monoisotopic (exact) mass is 319 g/mol. The molecular formula is C17H21NO5. The molecule has 23 heavy (non-hydrogen) atoms. The second-order valence-corrected chi connectivity index (χ2v) is 6.00. The maximum atomic E-state index is 12.9. The molecule has 6 nitrogen and oxygen atoms in total. The maximum absolute atomic E-state index is 12.9. The Kier molecular flexibility index (Phi) is 4.26. The van der Waals surface area contributed by atoms with Crippen molar-refractivity contribution in [2.45, 2.75) is 18.9 Å². The Labute approximate surface area is 135 Å². The highest BCUT2D eigenvalue weighted by molar-refractivity contribution is 5.88. The lowest BCUT2D eigenvalue weighted by molar-refractivity contribution is -0.152. The topological polar surface area (TPSA) is 65.1 Å². The molecule has 0 aromatic heterocycles. The van der Waals surface area contributed by atoms with Crippen LogP contribution in [-0.4, -0.2) is 50.2 Å². The van der Waals surface area contributed by atoms with Crippen LogP contribution in [0.25, 0.3) is 0 Å². The number of carbonyl (C=O) groups excluding carboxylic acids is 2. The van der Waals surface area contributed by atoms with Crippen molar-refractivity contribution in [3.05, 3.63) is 29.8 Å². The zero-order valence-corrected chi connectivity index (χ0v) is 13.4. The Morgan fingerprint density at radius 3 is 2.52 bits per heavy atom. The van der Waals surface area contributed by atoms with E-state index >= 15 is 0 Å². The van der Waals surface area contributed by atoms with E-state index in [0.717, 1.165) is 11.3 Å². The molecule has 2 atom stereocenters. The fraction of sp³-hybridized carbons (Fsp3) is 0.529. The van der Waals surface area contributed by atoms with Gasteiger partial charge >= 0.3 is 5.97 Å². The minimum Gasteiger partial charge on any atom is -0.497 e. The molecule has 3 rings (SSSR count). The first-order valence-corrected chi connectivity index (χ1v) is 7.77. The molecular weight excluding hydrogens is 298 g/mol.